The third kappa shape index (κ3) is 4.48. The Morgan fingerprint density at radius 2 is 1.82 bits per heavy atom. The standard InChI is InChI=1S/C17H19NO4/c1-17(2,3)22-16(20)18-11-9-13(10-12-18)15(19)21-14-7-5-4-6-8-14/h4-11H,12H2,1-3H3. The molecule has 0 aromatic heterocycles. The molecule has 0 radical (unpaired) electrons. The molecule has 5 heteroatoms. The summed E-state index contributed by atoms with van der Waals surface area (Å²) in [7, 11) is 0. The van der Waals surface area contributed by atoms with Crippen molar-refractivity contribution in [2.24, 2.45) is 0 Å². The first-order chi connectivity index (χ1) is 10.3. The number of hydrogen-bond acceptors (Lipinski definition) is 4. The number of para-hydroxylation sites is 1. The zero-order chi connectivity index (χ0) is 16.2. The zero-order valence-electron chi connectivity index (χ0n) is 12.9. The highest BCUT2D eigenvalue weighted by atomic mass is 16.6. The summed E-state index contributed by atoms with van der Waals surface area (Å²) in [6.45, 7) is 5.68. The minimum Gasteiger partial charge on any atom is -0.443 e. The van der Waals surface area contributed by atoms with Gasteiger partial charge in [0.1, 0.15) is 11.4 Å². The maximum absolute atomic E-state index is 12.0. The second kappa shape index (κ2) is 6.47. The van der Waals surface area contributed by atoms with Gasteiger partial charge in [-0.1, -0.05) is 24.3 Å². The minimum absolute atomic E-state index is 0.268. The van der Waals surface area contributed by atoms with Crippen LogP contribution in [0.15, 0.2) is 54.3 Å². The van der Waals surface area contributed by atoms with Gasteiger partial charge in [0.25, 0.3) is 0 Å². The number of carbonyl (C=O) groups excluding carboxylic acids is 2. The lowest BCUT2D eigenvalue weighted by Gasteiger charge is -2.25. The molecule has 22 heavy (non-hydrogen) atoms. The molecule has 0 N–H and O–H groups in total. The van der Waals surface area contributed by atoms with Crippen molar-refractivity contribution in [3.63, 3.8) is 0 Å². The van der Waals surface area contributed by atoms with Gasteiger partial charge < -0.3 is 9.47 Å². The summed E-state index contributed by atoms with van der Waals surface area (Å²) in [4.78, 5) is 25.3. The number of ether oxygens (including phenoxy) is 2. The quantitative estimate of drug-likeness (QED) is 0.621. The van der Waals surface area contributed by atoms with Gasteiger partial charge in [-0.25, -0.2) is 9.59 Å². The minimum atomic E-state index is -0.554. The van der Waals surface area contributed by atoms with E-state index in [4.69, 9.17) is 9.47 Å². The van der Waals surface area contributed by atoms with E-state index in [0.717, 1.165) is 0 Å². The molecule has 1 heterocycles. The molecule has 0 saturated carbocycles. The largest absolute Gasteiger partial charge is 0.443 e. The topological polar surface area (TPSA) is 55.8 Å². The Balaban J connectivity index is 1.93. The van der Waals surface area contributed by atoms with Crippen LogP contribution < -0.4 is 4.74 Å². The Bertz CT molecular complexity index is 611. The van der Waals surface area contributed by atoms with Crippen LogP contribution in [0.4, 0.5) is 4.79 Å². The van der Waals surface area contributed by atoms with Gasteiger partial charge >= 0.3 is 12.1 Å². The average Bonchev–Trinajstić information content (AvgIpc) is 2.46. The van der Waals surface area contributed by atoms with Gasteiger partial charge in [-0.15, -0.1) is 0 Å². The van der Waals surface area contributed by atoms with Gasteiger partial charge in [0, 0.05) is 12.7 Å². The maximum atomic E-state index is 12.0. The van der Waals surface area contributed by atoms with Gasteiger partial charge in [-0.2, -0.15) is 0 Å². The molecule has 5 nitrogen and oxygen atoms in total. The monoisotopic (exact) mass is 301 g/mol. The summed E-state index contributed by atoms with van der Waals surface area (Å²) >= 11 is 0. The van der Waals surface area contributed by atoms with Crippen LogP contribution in [0.2, 0.25) is 0 Å². The van der Waals surface area contributed by atoms with Crippen molar-refractivity contribution in [3.05, 3.63) is 54.3 Å². The summed E-state index contributed by atoms with van der Waals surface area (Å²) in [6.07, 6.45) is 4.25. The smallest absolute Gasteiger partial charge is 0.414 e. The molecule has 2 rings (SSSR count). The summed E-state index contributed by atoms with van der Waals surface area (Å²) in [5.41, 5.74) is -0.148. The Hall–Kier alpha value is -2.56. The van der Waals surface area contributed by atoms with Crippen LogP contribution in [0, 0.1) is 0 Å². The molecule has 0 aliphatic carbocycles. The molecule has 0 saturated heterocycles. The number of nitrogens with zero attached hydrogens (tertiary/aromatic N) is 1. The Labute approximate surface area is 129 Å². The predicted octanol–water partition coefficient (Wildman–Crippen LogP) is 3.28. The van der Waals surface area contributed by atoms with E-state index in [1.54, 1.807) is 57.2 Å². The van der Waals surface area contributed by atoms with Gasteiger partial charge in [0.15, 0.2) is 0 Å². The lowest BCUT2D eigenvalue weighted by Crippen LogP contribution is -2.35. The van der Waals surface area contributed by atoms with Crippen molar-refractivity contribution in [3.8, 4) is 5.75 Å². The van der Waals surface area contributed by atoms with Crippen LogP contribution in [0.5, 0.6) is 5.75 Å². The second-order valence-electron chi connectivity index (χ2n) is 5.81. The number of carbonyl (C=O) groups is 2. The molecule has 1 aliphatic rings. The molecular weight excluding hydrogens is 282 g/mol. The van der Waals surface area contributed by atoms with Crippen LogP contribution >= 0.6 is 0 Å². The molecule has 1 aromatic rings. The third-order valence-electron chi connectivity index (χ3n) is 2.76. The first-order valence-corrected chi connectivity index (χ1v) is 7.00. The zero-order valence-corrected chi connectivity index (χ0v) is 12.9. The number of rotatable bonds is 2. The van der Waals surface area contributed by atoms with Gasteiger partial charge in [-0.3, -0.25) is 4.90 Å². The molecule has 0 spiro atoms. The third-order valence-corrected chi connectivity index (χ3v) is 2.76. The van der Waals surface area contributed by atoms with Crippen molar-refractivity contribution >= 4 is 12.1 Å². The van der Waals surface area contributed by atoms with Crippen molar-refractivity contribution in [2.45, 2.75) is 26.4 Å². The lowest BCUT2D eigenvalue weighted by molar-refractivity contribution is -0.129. The van der Waals surface area contributed by atoms with E-state index < -0.39 is 17.7 Å². The molecule has 0 fully saturated rings. The van der Waals surface area contributed by atoms with E-state index >= 15 is 0 Å². The van der Waals surface area contributed by atoms with Crippen molar-refractivity contribution in [1.29, 1.82) is 0 Å². The lowest BCUT2D eigenvalue weighted by atomic mass is 10.2. The number of hydrogen-bond donors (Lipinski definition) is 0. The van der Waals surface area contributed by atoms with Crippen molar-refractivity contribution < 1.29 is 19.1 Å². The Morgan fingerprint density at radius 3 is 2.36 bits per heavy atom. The van der Waals surface area contributed by atoms with Crippen molar-refractivity contribution in [1.82, 2.24) is 4.90 Å². The van der Waals surface area contributed by atoms with E-state index in [-0.39, 0.29) is 6.54 Å². The summed E-state index contributed by atoms with van der Waals surface area (Å²) < 4.78 is 10.5. The molecule has 0 atom stereocenters. The Kier molecular flexibility index (Phi) is 4.65. The molecule has 0 unspecified atom stereocenters. The Morgan fingerprint density at radius 1 is 1.14 bits per heavy atom. The first kappa shape index (κ1) is 15.8. The molecule has 0 bridgehead atoms. The van der Waals surface area contributed by atoms with Crippen molar-refractivity contribution in [2.75, 3.05) is 6.54 Å². The summed E-state index contributed by atoms with van der Waals surface area (Å²) in [5.74, 6) is 0.0302. The van der Waals surface area contributed by atoms with E-state index in [9.17, 15) is 9.59 Å². The van der Waals surface area contributed by atoms with Gasteiger partial charge in [-0.05, 0) is 39.0 Å². The van der Waals surface area contributed by atoms with Gasteiger partial charge in [0.05, 0.1) is 5.57 Å². The number of esters is 1. The molecular formula is C17H19NO4. The second-order valence-corrected chi connectivity index (χ2v) is 5.81. The highest BCUT2D eigenvalue weighted by Gasteiger charge is 2.22. The van der Waals surface area contributed by atoms with Crippen LogP contribution in [0.1, 0.15) is 20.8 Å². The molecule has 1 aliphatic heterocycles. The molecule has 1 aromatic carbocycles. The highest BCUT2D eigenvalue weighted by molar-refractivity contribution is 5.93. The summed E-state index contributed by atoms with van der Waals surface area (Å²) in [6, 6.07) is 8.84. The van der Waals surface area contributed by atoms with Gasteiger partial charge in [0.2, 0.25) is 0 Å². The number of amides is 1. The average molecular weight is 301 g/mol. The fraction of sp³-hybridized carbons (Fsp3) is 0.294. The summed E-state index contributed by atoms with van der Waals surface area (Å²) in [5, 5.41) is 0. The normalized spacial score (nSPS) is 14.3. The van der Waals surface area contributed by atoms with Crippen LogP contribution in [-0.4, -0.2) is 29.1 Å². The van der Waals surface area contributed by atoms with E-state index in [1.165, 1.54) is 11.1 Å². The van der Waals surface area contributed by atoms with Crippen LogP contribution in [0.25, 0.3) is 0 Å². The van der Waals surface area contributed by atoms with Crippen LogP contribution in [0.3, 0.4) is 0 Å². The molecule has 1 amide bonds. The molecule has 116 valence electrons. The van der Waals surface area contributed by atoms with E-state index in [2.05, 4.69) is 0 Å². The van der Waals surface area contributed by atoms with Crippen LogP contribution in [-0.2, 0) is 9.53 Å². The SMILES string of the molecule is CC(C)(C)OC(=O)N1C=CC(C(=O)Oc2ccccc2)=CC1. The maximum Gasteiger partial charge on any atom is 0.414 e. The highest BCUT2D eigenvalue weighted by Crippen LogP contribution is 2.16. The number of benzene rings is 1. The van der Waals surface area contributed by atoms with E-state index in [1.807, 2.05) is 6.07 Å². The van der Waals surface area contributed by atoms with E-state index in [0.29, 0.717) is 11.3 Å². The fourth-order valence-electron chi connectivity index (χ4n) is 1.76. The fourth-order valence-corrected chi connectivity index (χ4v) is 1.76. The first-order valence-electron chi connectivity index (χ1n) is 7.00. The predicted molar refractivity (Wildman–Crippen MR) is 82.2 cm³/mol.